The van der Waals surface area contributed by atoms with Crippen LogP contribution in [0.1, 0.15) is 20.8 Å². The SMILES string of the molecule is CC(C)(C)OC(=O)N[C@@H](CS(=O)(=O)CC(=O)N1CC([N+](=O)[O-])([N+](=O)[O-])C1)C(=O)O. The summed E-state index contributed by atoms with van der Waals surface area (Å²) < 4.78 is 29.1. The highest BCUT2D eigenvalue weighted by molar-refractivity contribution is 7.92. The van der Waals surface area contributed by atoms with Crippen molar-refractivity contribution in [3.05, 3.63) is 20.2 Å². The molecule has 0 saturated carbocycles. The van der Waals surface area contributed by atoms with Crippen molar-refractivity contribution < 1.29 is 42.5 Å². The van der Waals surface area contributed by atoms with Crippen molar-refractivity contribution in [2.75, 3.05) is 24.6 Å². The van der Waals surface area contributed by atoms with Gasteiger partial charge in [0.1, 0.15) is 27.2 Å². The summed E-state index contributed by atoms with van der Waals surface area (Å²) in [6, 6.07) is -1.92. The van der Waals surface area contributed by atoms with Crippen molar-refractivity contribution >= 4 is 27.8 Å². The molecule has 0 aliphatic carbocycles. The lowest BCUT2D eigenvalue weighted by Crippen LogP contribution is -2.71. The Balaban J connectivity index is 2.75. The van der Waals surface area contributed by atoms with Gasteiger partial charge in [-0.05, 0) is 20.8 Å². The van der Waals surface area contributed by atoms with E-state index < -0.39 is 79.6 Å². The third kappa shape index (κ3) is 6.23. The third-order valence-electron chi connectivity index (χ3n) is 3.67. The minimum absolute atomic E-state index is 0.611. The van der Waals surface area contributed by atoms with E-state index in [1.165, 1.54) is 20.8 Å². The average molecular weight is 440 g/mol. The molecule has 15 nitrogen and oxygen atoms in total. The molecule has 2 N–H and O–H groups in total. The maximum atomic E-state index is 12.1. The van der Waals surface area contributed by atoms with Gasteiger partial charge in [-0.3, -0.25) is 25.0 Å². The predicted octanol–water partition coefficient (Wildman–Crippen LogP) is -1.53. The molecule has 0 radical (unpaired) electrons. The molecular weight excluding hydrogens is 420 g/mol. The zero-order valence-electron chi connectivity index (χ0n) is 15.7. The van der Waals surface area contributed by atoms with E-state index in [0.717, 1.165) is 0 Å². The first-order valence-electron chi connectivity index (χ1n) is 7.98. The van der Waals surface area contributed by atoms with Crippen molar-refractivity contribution in [3.63, 3.8) is 0 Å². The Kier molecular flexibility index (Phi) is 6.73. The summed E-state index contributed by atoms with van der Waals surface area (Å²) >= 11 is 0. The Labute approximate surface area is 164 Å². The number of alkyl carbamates (subject to hydrolysis) is 1. The fraction of sp³-hybridized carbons (Fsp3) is 0.769. The molecular formula is C13H20N4O11S. The van der Waals surface area contributed by atoms with Gasteiger partial charge in [0, 0.05) is 0 Å². The second kappa shape index (κ2) is 8.14. The van der Waals surface area contributed by atoms with Gasteiger partial charge in [0.25, 0.3) is 0 Å². The molecule has 2 amide bonds. The Morgan fingerprint density at radius 3 is 2.07 bits per heavy atom. The second-order valence-electron chi connectivity index (χ2n) is 7.34. The molecule has 1 atom stereocenters. The topological polar surface area (TPSA) is 216 Å². The predicted molar refractivity (Wildman–Crippen MR) is 92.7 cm³/mol. The molecule has 1 rings (SSSR count). The number of carbonyl (C=O) groups excluding carboxylic acids is 2. The lowest BCUT2D eigenvalue weighted by Gasteiger charge is -2.35. The summed E-state index contributed by atoms with van der Waals surface area (Å²) in [7, 11) is -4.40. The van der Waals surface area contributed by atoms with Crippen LogP contribution in [-0.2, 0) is 24.2 Å². The minimum atomic E-state index is -4.40. The van der Waals surface area contributed by atoms with Crippen LogP contribution in [0.3, 0.4) is 0 Å². The number of carboxylic acids is 1. The van der Waals surface area contributed by atoms with Crippen molar-refractivity contribution in [1.82, 2.24) is 10.2 Å². The number of carbonyl (C=O) groups is 3. The first-order valence-corrected chi connectivity index (χ1v) is 9.81. The second-order valence-corrected chi connectivity index (χ2v) is 9.45. The Morgan fingerprint density at radius 2 is 1.69 bits per heavy atom. The number of hydrogen-bond acceptors (Lipinski definition) is 10. The van der Waals surface area contributed by atoms with Crippen LogP contribution in [0.5, 0.6) is 0 Å². The summed E-state index contributed by atoms with van der Waals surface area (Å²) in [5, 5.41) is 32.6. The third-order valence-corrected chi connectivity index (χ3v) is 5.20. The van der Waals surface area contributed by atoms with E-state index in [0.29, 0.717) is 4.90 Å². The Bertz CT molecular complexity index is 810. The summed E-state index contributed by atoms with van der Waals surface area (Å²) in [4.78, 5) is 54.7. The van der Waals surface area contributed by atoms with Gasteiger partial charge in [0.15, 0.2) is 22.9 Å². The van der Waals surface area contributed by atoms with E-state index in [1.807, 2.05) is 5.32 Å². The number of sulfone groups is 1. The quantitative estimate of drug-likeness (QED) is 0.250. The molecule has 0 aromatic heterocycles. The van der Waals surface area contributed by atoms with E-state index in [1.54, 1.807) is 0 Å². The first-order chi connectivity index (χ1) is 13.0. The van der Waals surface area contributed by atoms with Gasteiger partial charge in [-0.1, -0.05) is 0 Å². The molecule has 0 spiro atoms. The number of likely N-dealkylation sites (tertiary alicyclic amines) is 1. The largest absolute Gasteiger partial charge is 0.492 e. The van der Waals surface area contributed by atoms with Crippen molar-refractivity contribution in [2.45, 2.75) is 38.1 Å². The van der Waals surface area contributed by atoms with Crippen LogP contribution in [0.4, 0.5) is 4.79 Å². The van der Waals surface area contributed by atoms with E-state index in [4.69, 9.17) is 9.84 Å². The molecule has 0 aromatic carbocycles. The fourth-order valence-electron chi connectivity index (χ4n) is 2.26. The number of nitrogens with zero attached hydrogens (tertiary/aromatic N) is 3. The van der Waals surface area contributed by atoms with Crippen molar-refractivity contribution in [3.8, 4) is 0 Å². The lowest BCUT2D eigenvalue weighted by atomic mass is 10.0. The maximum absolute atomic E-state index is 12.1. The minimum Gasteiger partial charge on any atom is -0.480 e. The molecule has 29 heavy (non-hydrogen) atoms. The molecule has 16 heteroatoms. The number of nitrogens with one attached hydrogen (secondary N) is 1. The van der Waals surface area contributed by atoms with Crippen LogP contribution in [0, 0.1) is 20.2 Å². The van der Waals surface area contributed by atoms with E-state index >= 15 is 0 Å². The molecule has 1 aliphatic rings. The van der Waals surface area contributed by atoms with Gasteiger partial charge in [0.05, 0.1) is 5.75 Å². The smallest absolute Gasteiger partial charge is 0.480 e. The number of nitro groups is 2. The van der Waals surface area contributed by atoms with Gasteiger partial charge in [0.2, 0.25) is 5.91 Å². The fourth-order valence-corrected chi connectivity index (χ4v) is 3.67. The number of rotatable bonds is 8. The number of aliphatic carboxylic acids is 1. The van der Waals surface area contributed by atoms with E-state index in [2.05, 4.69) is 0 Å². The van der Waals surface area contributed by atoms with Gasteiger partial charge in [-0.25, -0.2) is 18.0 Å². The maximum Gasteiger partial charge on any atom is 0.492 e. The van der Waals surface area contributed by atoms with E-state index in [-0.39, 0.29) is 0 Å². The summed E-state index contributed by atoms with van der Waals surface area (Å²) in [5.41, 5.74) is -3.57. The average Bonchev–Trinajstić information content (AvgIpc) is 2.41. The standard InChI is InChI=1S/C13H20N4O11S/c1-12(2,3)28-11(21)14-8(10(19)20)4-29(26,27)5-9(18)15-6-13(7-15,16(22)23)17(24)25/h8H,4-7H2,1-3H3,(H,14,21)(H,19,20)/t8-/m0/s1. The molecule has 0 bridgehead atoms. The van der Waals surface area contributed by atoms with Crippen molar-refractivity contribution in [2.24, 2.45) is 0 Å². The first kappa shape index (κ1) is 24.0. The summed E-state index contributed by atoms with van der Waals surface area (Å²) in [6.45, 7) is 2.67. The zero-order chi connectivity index (χ0) is 22.8. The lowest BCUT2D eigenvalue weighted by molar-refractivity contribution is -0.809. The van der Waals surface area contributed by atoms with Crippen LogP contribution in [0.2, 0.25) is 0 Å². The molecule has 164 valence electrons. The highest BCUT2D eigenvalue weighted by atomic mass is 32.2. The van der Waals surface area contributed by atoms with Crippen molar-refractivity contribution in [1.29, 1.82) is 0 Å². The Hall–Kier alpha value is -3.04. The molecule has 1 aliphatic heterocycles. The normalized spacial score (nSPS) is 16.9. The van der Waals surface area contributed by atoms with Gasteiger partial charge >= 0.3 is 17.7 Å². The highest BCUT2D eigenvalue weighted by Crippen LogP contribution is 2.25. The number of hydrogen-bond donors (Lipinski definition) is 2. The van der Waals surface area contributed by atoms with Crippen LogP contribution < -0.4 is 5.32 Å². The summed E-state index contributed by atoms with van der Waals surface area (Å²) in [5.74, 6) is -5.25. The van der Waals surface area contributed by atoms with Gasteiger partial charge in [-0.2, -0.15) is 0 Å². The van der Waals surface area contributed by atoms with E-state index in [9.17, 15) is 43.0 Å². The molecule has 1 fully saturated rings. The number of ether oxygens (including phenoxy) is 1. The highest BCUT2D eigenvalue weighted by Gasteiger charge is 2.67. The van der Waals surface area contributed by atoms with Crippen LogP contribution in [0.25, 0.3) is 0 Å². The molecule has 1 saturated heterocycles. The Morgan fingerprint density at radius 1 is 1.21 bits per heavy atom. The monoisotopic (exact) mass is 440 g/mol. The summed E-state index contributed by atoms with van der Waals surface area (Å²) in [6.07, 6.45) is -1.18. The van der Waals surface area contributed by atoms with Crippen LogP contribution in [-0.4, -0.2) is 88.1 Å². The molecule has 0 unspecified atom stereocenters. The zero-order valence-corrected chi connectivity index (χ0v) is 16.5. The van der Waals surface area contributed by atoms with Gasteiger partial charge in [-0.15, -0.1) is 0 Å². The van der Waals surface area contributed by atoms with Crippen LogP contribution >= 0.6 is 0 Å². The van der Waals surface area contributed by atoms with Gasteiger partial charge < -0.3 is 20.1 Å². The van der Waals surface area contributed by atoms with Crippen LogP contribution in [0.15, 0.2) is 0 Å². The molecule has 0 aromatic rings. The number of carboxylic acid groups (broad SMARTS) is 1. The number of amides is 2. The molecule has 1 heterocycles.